The lowest BCUT2D eigenvalue weighted by Crippen LogP contribution is -2.32. The van der Waals surface area contributed by atoms with E-state index in [0.717, 1.165) is 28.6 Å². The van der Waals surface area contributed by atoms with Crippen LogP contribution in [0, 0.1) is 0 Å². The first-order valence-corrected chi connectivity index (χ1v) is 7.60. The zero-order chi connectivity index (χ0) is 16.2. The summed E-state index contributed by atoms with van der Waals surface area (Å²) < 4.78 is 6.91. The Morgan fingerprint density at radius 1 is 1.48 bits per heavy atom. The number of benzene rings is 1. The van der Waals surface area contributed by atoms with E-state index in [1.54, 1.807) is 24.2 Å². The third-order valence-electron chi connectivity index (χ3n) is 3.97. The highest BCUT2D eigenvalue weighted by atomic mass is 16.5. The van der Waals surface area contributed by atoms with Crippen molar-refractivity contribution in [2.75, 3.05) is 13.7 Å². The van der Waals surface area contributed by atoms with E-state index < -0.39 is 0 Å². The number of nitrogens with one attached hydrogen (secondary N) is 2. The van der Waals surface area contributed by atoms with Crippen molar-refractivity contribution >= 4 is 16.8 Å². The van der Waals surface area contributed by atoms with Crippen molar-refractivity contribution in [2.45, 2.75) is 19.4 Å². The van der Waals surface area contributed by atoms with Gasteiger partial charge in [0.2, 0.25) is 5.91 Å². The first-order valence-electron chi connectivity index (χ1n) is 7.60. The number of carbonyl (C=O) groups is 1. The molecular formula is C17H20N4O2. The molecule has 23 heavy (non-hydrogen) atoms. The average molecular weight is 312 g/mol. The van der Waals surface area contributed by atoms with Crippen molar-refractivity contribution in [3.63, 3.8) is 0 Å². The topological polar surface area (TPSA) is 71.9 Å². The fraction of sp³-hybridized carbons (Fsp3) is 0.294. The molecule has 0 radical (unpaired) electrons. The Kier molecular flexibility index (Phi) is 4.32. The molecule has 0 aliphatic carbocycles. The second kappa shape index (κ2) is 6.56. The molecule has 0 saturated heterocycles. The molecule has 2 aromatic heterocycles. The maximum Gasteiger partial charge on any atom is 0.244 e. The summed E-state index contributed by atoms with van der Waals surface area (Å²) in [5.41, 5.74) is 2.22. The third-order valence-corrected chi connectivity index (χ3v) is 3.97. The number of nitrogens with zero attached hydrogens (tertiary/aromatic N) is 2. The highest BCUT2D eigenvalue weighted by Gasteiger charge is 2.14. The number of aromatic amines is 1. The largest absolute Gasteiger partial charge is 0.497 e. The second-order valence-corrected chi connectivity index (χ2v) is 5.43. The molecule has 3 rings (SSSR count). The molecule has 1 atom stereocenters. The lowest BCUT2D eigenvalue weighted by molar-refractivity contribution is -0.124. The summed E-state index contributed by atoms with van der Waals surface area (Å²) in [6.45, 7) is 2.41. The molecule has 0 aliphatic rings. The Hall–Kier alpha value is -2.76. The molecule has 0 saturated carbocycles. The van der Waals surface area contributed by atoms with Crippen molar-refractivity contribution < 1.29 is 9.53 Å². The van der Waals surface area contributed by atoms with Crippen molar-refractivity contribution in [3.05, 3.63) is 48.4 Å². The SMILES string of the molecule is COc1ccc2[nH]cc(CCNC(=O)[C@H](C)n3cccn3)c2c1. The van der Waals surface area contributed by atoms with Gasteiger partial charge < -0.3 is 15.0 Å². The molecule has 6 nitrogen and oxygen atoms in total. The van der Waals surface area contributed by atoms with Crippen molar-refractivity contribution in [3.8, 4) is 5.75 Å². The molecule has 0 aliphatic heterocycles. The van der Waals surface area contributed by atoms with Crippen LogP contribution in [0.2, 0.25) is 0 Å². The molecule has 3 aromatic rings. The highest BCUT2D eigenvalue weighted by molar-refractivity contribution is 5.85. The molecular weight excluding hydrogens is 292 g/mol. The maximum atomic E-state index is 12.1. The van der Waals surface area contributed by atoms with Crippen LogP contribution in [0.1, 0.15) is 18.5 Å². The molecule has 2 heterocycles. The summed E-state index contributed by atoms with van der Waals surface area (Å²) in [6, 6.07) is 7.43. The normalized spacial score (nSPS) is 12.3. The molecule has 6 heteroatoms. The van der Waals surface area contributed by atoms with Gasteiger partial charge >= 0.3 is 0 Å². The maximum absolute atomic E-state index is 12.1. The minimum absolute atomic E-state index is 0.0360. The summed E-state index contributed by atoms with van der Waals surface area (Å²) in [7, 11) is 1.66. The van der Waals surface area contributed by atoms with E-state index in [1.807, 2.05) is 37.4 Å². The minimum Gasteiger partial charge on any atom is -0.497 e. The number of aromatic nitrogens is 3. The fourth-order valence-corrected chi connectivity index (χ4v) is 2.59. The van der Waals surface area contributed by atoms with Crippen molar-refractivity contribution in [1.82, 2.24) is 20.1 Å². The van der Waals surface area contributed by atoms with Crippen LogP contribution in [-0.4, -0.2) is 34.3 Å². The van der Waals surface area contributed by atoms with Crippen LogP contribution >= 0.6 is 0 Å². The zero-order valence-electron chi connectivity index (χ0n) is 13.2. The lowest BCUT2D eigenvalue weighted by atomic mass is 10.1. The second-order valence-electron chi connectivity index (χ2n) is 5.43. The van der Waals surface area contributed by atoms with Gasteiger partial charge in [0.25, 0.3) is 0 Å². The van der Waals surface area contributed by atoms with E-state index in [9.17, 15) is 4.79 Å². The van der Waals surface area contributed by atoms with E-state index in [1.165, 1.54) is 0 Å². The van der Waals surface area contributed by atoms with Crippen LogP contribution in [0.3, 0.4) is 0 Å². The molecule has 1 aromatic carbocycles. The van der Waals surface area contributed by atoms with Crippen molar-refractivity contribution in [2.24, 2.45) is 0 Å². The summed E-state index contributed by atoms with van der Waals surface area (Å²) in [6.07, 6.45) is 6.19. The lowest BCUT2D eigenvalue weighted by Gasteiger charge is -2.12. The Balaban J connectivity index is 1.61. The number of ether oxygens (including phenoxy) is 1. The fourth-order valence-electron chi connectivity index (χ4n) is 2.59. The molecule has 120 valence electrons. The predicted octanol–water partition coefficient (Wildman–Crippen LogP) is 2.29. The van der Waals surface area contributed by atoms with Gasteiger partial charge in [0.1, 0.15) is 11.8 Å². The van der Waals surface area contributed by atoms with Gasteiger partial charge in [-0.05, 0) is 43.2 Å². The number of hydrogen-bond acceptors (Lipinski definition) is 3. The Morgan fingerprint density at radius 2 is 2.35 bits per heavy atom. The molecule has 0 unspecified atom stereocenters. The van der Waals surface area contributed by atoms with Crippen molar-refractivity contribution in [1.29, 1.82) is 0 Å². The first kappa shape index (κ1) is 15.1. The van der Waals surface area contributed by atoms with Gasteiger partial charge in [0.15, 0.2) is 0 Å². The molecule has 0 spiro atoms. The summed E-state index contributed by atoms with van der Waals surface area (Å²) in [5, 5.41) is 8.17. The predicted molar refractivity (Wildman–Crippen MR) is 88.5 cm³/mol. The molecule has 2 N–H and O–H groups in total. The number of H-pyrrole nitrogens is 1. The molecule has 1 amide bonds. The van der Waals surface area contributed by atoms with Gasteiger partial charge in [-0.3, -0.25) is 9.48 Å². The van der Waals surface area contributed by atoms with E-state index in [4.69, 9.17) is 4.74 Å². The summed E-state index contributed by atoms with van der Waals surface area (Å²) in [4.78, 5) is 15.4. The number of methoxy groups -OCH3 is 1. The van der Waals surface area contributed by atoms with E-state index in [2.05, 4.69) is 15.4 Å². The van der Waals surface area contributed by atoms with E-state index >= 15 is 0 Å². The Labute approximate surface area is 134 Å². The standard InChI is InChI=1S/C17H20N4O2/c1-12(21-9-3-7-20-21)17(22)18-8-6-13-11-19-16-5-4-14(23-2)10-15(13)16/h3-5,7,9-12,19H,6,8H2,1-2H3,(H,18,22)/t12-/m0/s1. The van der Waals surface area contributed by atoms with Gasteiger partial charge in [-0.15, -0.1) is 0 Å². The van der Waals surface area contributed by atoms with Crippen LogP contribution in [0.4, 0.5) is 0 Å². The average Bonchev–Trinajstić information content (AvgIpc) is 3.23. The van der Waals surface area contributed by atoms with Crippen LogP contribution in [0.15, 0.2) is 42.9 Å². The van der Waals surface area contributed by atoms with Crippen LogP contribution in [-0.2, 0) is 11.2 Å². The summed E-state index contributed by atoms with van der Waals surface area (Å²) >= 11 is 0. The number of fused-ring (bicyclic) bond motifs is 1. The molecule has 0 fully saturated rings. The molecule has 0 bridgehead atoms. The van der Waals surface area contributed by atoms with Gasteiger partial charge in [-0.2, -0.15) is 5.10 Å². The van der Waals surface area contributed by atoms with Crippen LogP contribution < -0.4 is 10.1 Å². The Morgan fingerprint density at radius 3 is 3.09 bits per heavy atom. The highest BCUT2D eigenvalue weighted by Crippen LogP contribution is 2.23. The van der Waals surface area contributed by atoms with Crippen LogP contribution in [0.5, 0.6) is 5.75 Å². The summed E-state index contributed by atoms with van der Waals surface area (Å²) in [5.74, 6) is 0.792. The van der Waals surface area contributed by atoms with E-state index in [0.29, 0.717) is 6.54 Å². The first-order chi connectivity index (χ1) is 11.2. The number of carbonyl (C=O) groups excluding carboxylic acids is 1. The monoisotopic (exact) mass is 312 g/mol. The zero-order valence-corrected chi connectivity index (χ0v) is 13.2. The quantitative estimate of drug-likeness (QED) is 0.733. The van der Waals surface area contributed by atoms with Crippen LogP contribution in [0.25, 0.3) is 10.9 Å². The smallest absolute Gasteiger partial charge is 0.244 e. The van der Waals surface area contributed by atoms with Gasteiger partial charge in [-0.1, -0.05) is 0 Å². The number of rotatable bonds is 6. The number of amides is 1. The van der Waals surface area contributed by atoms with Gasteiger partial charge in [0, 0.05) is 36.0 Å². The van der Waals surface area contributed by atoms with Gasteiger partial charge in [-0.25, -0.2) is 0 Å². The number of hydrogen-bond donors (Lipinski definition) is 2. The Bertz CT molecular complexity index is 792. The third kappa shape index (κ3) is 3.21. The minimum atomic E-state index is -0.312. The van der Waals surface area contributed by atoms with E-state index in [-0.39, 0.29) is 11.9 Å². The van der Waals surface area contributed by atoms with Gasteiger partial charge in [0.05, 0.1) is 7.11 Å².